The van der Waals surface area contributed by atoms with Crippen LogP contribution in [0.4, 0.5) is 0 Å². The summed E-state index contributed by atoms with van der Waals surface area (Å²) in [6.07, 6.45) is -0.157. The molecule has 5 heteroatoms. The summed E-state index contributed by atoms with van der Waals surface area (Å²) >= 11 is 1.45. The molecule has 0 atom stereocenters. The van der Waals surface area contributed by atoms with E-state index in [0.717, 1.165) is 4.88 Å². The normalized spacial score (nSPS) is 10.5. The van der Waals surface area contributed by atoms with E-state index in [-0.39, 0.29) is 24.5 Å². The minimum absolute atomic E-state index is 0.0181. The maximum absolute atomic E-state index is 11.9. The highest BCUT2D eigenvalue weighted by atomic mass is 32.1. The van der Waals surface area contributed by atoms with Gasteiger partial charge in [0.15, 0.2) is 6.61 Å². The minimum Gasteiger partial charge on any atom is -0.485 e. The number of benzene rings is 1. The molecular formula is C17H18O4S. The summed E-state index contributed by atoms with van der Waals surface area (Å²) in [5.74, 6) is 0.121. The maximum Gasteiger partial charge on any atom is 0.338 e. The Hall–Kier alpha value is -2.14. The summed E-state index contributed by atoms with van der Waals surface area (Å²) in [5.41, 5.74) is 0.459. The van der Waals surface area contributed by atoms with E-state index in [4.69, 9.17) is 9.47 Å². The molecule has 0 amide bonds. The van der Waals surface area contributed by atoms with E-state index < -0.39 is 0 Å². The summed E-state index contributed by atoms with van der Waals surface area (Å²) in [5, 5.41) is 0. The van der Waals surface area contributed by atoms with Crippen molar-refractivity contribution in [1.82, 2.24) is 0 Å². The predicted octanol–water partition coefficient (Wildman–Crippen LogP) is 3.88. The van der Waals surface area contributed by atoms with Gasteiger partial charge in [0.2, 0.25) is 5.78 Å². The van der Waals surface area contributed by atoms with E-state index in [1.165, 1.54) is 11.3 Å². The Labute approximate surface area is 133 Å². The lowest BCUT2D eigenvalue weighted by Gasteiger charge is -2.09. The number of carbonyl (C=O) groups is 2. The highest BCUT2D eigenvalue weighted by Gasteiger charge is 2.11. The number of esters is 1. The highest BCUT2D eigenvalue weighted by Crippen LogP contribution is 2.17. The third kappa shape index (κ3) is 4.43. The van der Waals surface area contributed by atoms with Crippen LogP contribution in [-0.4, -0.2) is 24.5 Å². The molecule has 0 spiro atoms. The number of thiophene rings is 1. The number of ether oxygens (including phenoxy) is 2. The van der Waals surface area contributed by atoms with E-state index in [0.29, 0.717) is 16.2 Å². The minimum atomic E-state index is -0.369. The molecule has 2 rings (SSSR count). The summed E-state index contributed by atoms with van der Waals surface area (Å²) < 4.78 is 10.6. The van der Waals surface area contributed by atoms with Crippen LogP contribution in [0.2, 0.25) is 0 Å². The monoisotopic (exact) mass is 318 g/mol. The molecule has 0 bridgehead atoms. The van der Waals surface area contributed by atoms with Crippen molar-refractivity contribution >= 4 is 23.1 Å². The number of rotatable bonds is 6. The second kappa shape index (κ2) is 7.22. The van der Waals surface area contributed by atoms with Gasteiger partial charge in [0, 0.05) is 4.88 Å². The number of Topliss-reactive ketones (excluding diaryl/α,β-unsaturated/α-hetero) is 1. The Kier molecular flexibility index (Phi) is 5.33. The van der Waals surface area contributed by atoms with Gasteiger partial charge in [-0.05, 0) is 57.2 Å². The molecule has 2 aromatic rings. The molecule has 22 heavy (non-hydrogen) atoms. The zero-order valence-electron chi connectivity index (χ0n) is 12.8. The first-order chi connectivity index (χ1) is 10.5. The van der Waals surface area contributed by atoms with Crippen LogP contribution in [0.3, 0.4) is 0 Å². The quantitative estimate of drug-likeness (QED) is 0.599. The van der Waals surface area contributed by atoms with Crippen molar-refractivity contribution in [2.75, 3.05) is 6.61 Å². The van der Waals surface area contributed by atoms with Gasteiger partial charge in [-0.1, -0.05) is 0 Å². The first kappa shape index (κ1) is 16.2. The molecule has 1 aromatic carbocycles. The van der Waals surface area contributed by atoms with Crippen LogP contribution in [-0.2, 0) is 4.74 Å². The van der Waals surface area contributed by atoms with Crippen molar-refractivity contribution in [2.24, 2.45) is 0 Å². The SMILES string of the molecule is Cc1ccc(C(=O)COc2ccc(C(=O)OC(C)C)cc2)s1. The molecule has 0 N–H and O–H groups in total. The zero-order chi connectivity index (χ0) is 16.1. The summed E-state index contributed by atoms with van der Waals surface area (Å²) in [6, 6.07) is 10.3. The molecule has 0 unspecified atom stereocenters. The van der Waals surface area contributed by atoms with Gasteiger partial charge in [0.25, 0.3) is 0 Å². The molecule has 0 aliphatic carbocycles. The highest BCUT2D eigenvalue weighted by molar-refractivity contribution is 7.14. The first-order valence-electron chi connectivity index (χ1n) is 6.99. The number of carbonyl (C=O) groups excluding carboxylic acids is 2. The molecule has 0 saturated heterocycles. The van der Waals surface area contributed by atoms with Crippen LogP contribution in [0.25, 0.3) is 0 Å². The zero-order valence-corrected chi connectivity index (χ0v) is 13.6. The van der Waals surface area contributed by atoms with Gasteiger partial charge in [-0.15, -0.1) is 11.3 Å². The smallest absolute Gasteiger partial charge is 0.338 e. The Bertz CT molecular complexity index is 656. The van der Waals surface area contributed by atoms with Crippen molar-refractivity contribution in [1.29, 1.82) is 0 Å². The van der Waals surface area contributed by atoms with E-state index >= 15 is 0 Å². The number of hydrogen-bond acceptors (Lipinski definition) is 5. The average Bonchev–Trinajstić information content (AvgIpc) is 2.91. The number of hydrogen-bond donors (Lipinski definition) is 0. The lowest BCUT2D eigenvalue weighted by atomic mass is 10.2. The lowest BCUT2D eigenvalue weighted by Crippen LogP contribution is -2.12. The van der Waals surface area contributed by atoms with E-state index in [2.05, 4.69) is 0 Å². The van der Waals surface area contributed by atoms with Crippen molar-refractivity contribution in [3.05, 3.63) is 51.7 Å². The van der Waals surface area contributed by atoms with Crippen molar-refractivity contribution in [3.8, 4) is 5.75 Å². The molecular weight excluding hydrogens is 300 g/mol. The van der Waals surface area contributed by atoms with Gasteiger partial charge >= 0.3 is 5.97 Å². The Balaban J connectivity index is 1.91. The molecule has 1 heterocycles. The van der Waals surface area contributed by atoms with Crippen molar-refractivity contribution < 1.29 is 19.1 Å². The van der Waals surface area contributed by atoms with Gasteiger partial charge in [0.05, 0.1) is 16.5 Å². The second-order valence-electron chi connectivity index (χ2n) is 5.10. The Morgan fingerprint density at radius 2 is 1.77 bits per heavy atom. The Morgan fingerprint density at radius 3 is 2.32 bits per heavy atom. The molecule has 4 nitrogen and oxygen atoms in total. The molecule has 0 saturated carbocycles. The fraction of sp³-hybridized carbons (Fsp3) is 0.294. The standard InChI is InChI=1S/C17H18O4S/c1-11(2)21-17(19)13-5-7-14(8-6-13)20-10-15(18)16-9-4-12(3)22-16/h4-9,11H,10H2,1-3H3. The number of aryl methyl sites for hydroxylation is 1. The van der Waals surface area contributed by atoms with Crippen LogP contribution >= 0.6 is 11.3 Å². The van der Waals surface area contributed by atoms with Gasteiger partial charge in [-0.2, -0.15) is 0 Å². The molecule has 0 radical (unpaired) electrons. The fourth-order valence-electron chi connectivity index (χ4n) is 1.77. The van der Waals surface area contributed by atoms with Crippen molar-refractivity contribution in [3.63, 3.8) is 0 Å². The predicted molar refractivity (Wildman–Crippen MR) is 85.9 cm³/mol. The van der Waals surface area contributed by atoms with E-state index in [1.807, 2.05) is 13.0 Å². The summed E-state index contributed by atoms with van der Waals surface area (Å²) in [7, 11) is 0. The summed E-state index contributed by atoms with van der Waals surface area (Å²) in [4.78, 5) is 25.4. The van der Waals surface area contributed by atoms with Gasteiger partial charge in [0.1, 0.15) is 5.75 Å². The topological polar surface area (TPSA) is 52.6 Å². The Morgan fingerprint density at radius 1 is 1.09 bits per heavy atom. The van der Waals surface area contributed by atoms with Crippen LogP contribution in [0, 0.1) is 6.92 Å². The maximum atomic E-state index is 11.9. The summed E-state index contributed by atoms with van der Waals surface area (Å²) in [6.45, 7) is 5.54. The second-order valence-corrected chi connectivity index (χ2v) is 6.39. The van der Waals surface area contributed by atoms with Crippen LogP contribution < -0.4 is 4.74 Å². The first-order valence-corrected chi connectivity index (χ1v) is 7.81. The molecule has 116 valence electrons. The largest absolute Gasteiger partial charge is 0.485 e. The third-order valence-corrected chi connectivity index (χ3v) is 3.86. The average molecular weight is 318 g/mol. The molecule has 0 fully saturated rings. The van der Waals surface area contributed by atoms with Crippen LogP contribution in [0.1, 0.15) is 38.8 Å². The molecule has 0 aliphatic heterocycles. The molecule has 1 aromatic heterocycles. The van der Waals surface area contributed by atoms with E-state index in [1.54, 1.807) is 44.2 Å². The number of ketones is 1. The van der Waals surface area contributed by atoms with Crippen LogP contribution in [0.5, 0.6) is 5.75 Å². The van der Waals surface area contributed by atoms with Crippen molar-refractivity contribution in [2.45, 2.75) is 26.9 Å². The molecule has 0 aliphatic rings. The van der Waals surface area contributed by atoms with Gasteiger partial charge in [-0.25, -0.2) is 4.79 Å². The van der Waals surface area contributed by atoms with Gasteiger partial charge in [-0.3, -0.25) is 4.79 Å². The lowest BCUT2D eigenvalue weighted by molar-refractivity contribution is 0.0377. The fourth-order valence-corrected chi connectivity index (χ4v) is 2.57. The van der Waals surface area contributed by atoms with Crippen LogP contribution in [0.15, 0.2) is 36.4 Å². The van der Waals surface area contributed by atoms with Gasteiger partial charge < -0.3 is 9.47 Å². The third-order valence-electron chi connectivity index (χ3n) is 2.82. The van der Waals surface area contributed by atoms with E-state index in [9.17, 15) is 9.59 Å².